The Balaban J connectivity index is 2.70. The maximum Gasteiger partial charge on any atom is 0.132 e. The lowest BCUT2D eigenvalue weighted by Gasteiger charge is -2.20. The molecule has 74 valence electrons. The van der Waals surface area contributed by atoms with Gasteiger partial charge in [-0.15, -0.1) is 12.0 Å². The fourth-order valence-electron chi connectivity index (χ4n) is 1.72. The molecule has 0 N–H and O–H groups in total. The van der Waals surface area contributed by atoms with Crippen molar-refractivity contribution < 1.29 is 0 Å². The van der Waals surface area contributed by atoms with Crippen LogP contribution in [0.15, 0.2) is 30.3 Å². The molecule has 0 radical (unpaired) electrons. The van der Waals surface area contributed by atoms with Gasteiger partial charge in [0.15, 0.2) is 0 Å². The number of terminal acetylenes is 1. The molecule has 0 nitrogen and oxygen atoms in total. The summed E-state index contributed by atoms with van der Waals surface area (Å²) in [4.78, 5) is 0. The van der Waals surface area contributed by atoms with Gasteiger partial charge in [-0.25, -0.2) is 0 Å². The van der Waals surface area contributed by atoms with Gasteiger partial charge in [-0.3, -0.25) is 0 Å². The fourth-order valence-corrected chi connectivity index (χ4v) is 3.61. The van der Waals surface area contributed by atoms with Crippen LogP contribution in [-0.4, -0.2) is 8.07 Å². The van der Waals surface area contributed by atoms with Crippen molar-refractivity contribution in [2.75, 3.05) is 0 Å². The predicted molar refractivity (Wildman–Crippen MR) is 66.0 cm³/mol. The van der Waals surface area contributed by atoms with Crippen LogP contribution in [0, 0.1) is 12.0 Å². The van der Waals surface area contributed by atoms with E-state index in [9.17, 15) is 0 Å². The fraction of sp³-hybridized carbons (Fsp3) is 0.385. The topological polar surface area (TPSA) is 0 Å². The Morgan fingerprint density at radius 1 is 1.29 bits per heavy atom. The molecule has 1 heteroatoms. The van der Waals surface area contributed by atoms with Crippen LogP contribution < -0.4 is 0 Å². The molecule has 0 amide bonds. The molecule has 0 fully saturated rings. The van der Waals surface area contributed by atoms with E-state index in [1.165, 1.54) is 11.6 Å². The van der Waals surface area contributed by atoms with Crippen molar-refractivity contribution in [2.24, 2.45) is 0 Å². The number of hydrogen-bond donors (Lipinski definition) is 0. The molecule has 0 aliphatic carbocycles. The number of benzene rings is 1. The Morgan fingerprint density at radius 3 is 2.36 bits per heavy atom. The Bertz CT molecular complexity index is 319. The minimum atomic E-state index is -1.40. The third-order valence-electron chi connectivity index (χ3n) is 2.58. The summed E-state index contributed by atoms with van der Waals surface area (Å²) in [6.45, 7) is 6.78. The quantitative estimate of drug-likeness (QED) is 0.518. The first-order valence-electron chi connectivity index (χ1n) is 5.08. The zero-order chi connectivity index (χ0) is 10.6. The average Bonchev–Trinajstić information content (AvgIpc) is 2.19. The summed E-state index contributed by atoms with van der Waals surface area (Å²) in [5, 5.41) is 0. The summed E-state index contributed by atoms with van der Waals surface area (Å²) >= 11 is 0. The zero-order valence-corrected chi connectivity index (χ0v) is 10.2. The van der Waals surface area contributed by atoms with Gasteiger partial charge in [0.2, 0.25) is 0 Å². The second kappa shape index (κ2) is 4.48. The van der Waals surface area contributed by atoms with E-state index >= 15 is 0 Å². The highest BCUT2D eigenvalue weighted by Gasteiger charge is 2.21. The van der Waals surface area contributed by atoms with Crippen LogP contribution in [0.25, 0.3) is 0 Å². The van der Waals surface area contributed by atoms with Gasteiger partial charge in [0.25, 0.3) is 0 Å². The van der Waals surface area contributed by atoms with Gasteiger partial charge in [-0.1, -0.05) is 50.3 Å². The summed E-state index contributed by atoms with van der Waals surface area (Å²) in [5.41, 5.74) is 4.39. The van der Waals surface area contributed by atoms with Crippen LogP contribution in [-0.2, 0) is 0 Å². The molecule has 1 unspecified atom stereocenters. The Kier molecular flexibility index (Phi) is 3.54. The molecule has 0 aliphatic rings. The van der Waals surface area contributed by atoms with Gasteiger partial charge in [-0.2, -0.15) is 0 Å². The zero-order valence-electron chi connectivity index (χ0n) is 9.25. The smallest absolute Gasteiger partial charge is 0.132 e. The molecule has 1 aromatic carbocycles. The highest BCUT2D eigenvalue weighted by atomic mass is 28.3. The molecule has 1 atom stereocenters. The normalized spacial score (nSPS) is 13.3. The third kappa shape index (κ3) is 3.05. The molecule has 1 rings (SSSR count). The van der Waals surface area contributed by atoms with E-state index < -0.39 is 8.07 Å². The van der Waals surface area contributed by atoms with E-state index in [0.29, 0.717) is 5.92 Å². The van der Waals surface area contributed by atoms with Crippen LogP contribution in [0.1, 0.15) is 18.4 Å². The standard InChI is InChI=1S/C13H18Si/c1-5-14(3,4)11-12(2)13-9-7-6-8-10-13/h1,6-10,12H,11H2,2-4H3. The third-order valence-corrected chi connectivity index (χ3v) is 4.99. The lowest BCUT2D eigenvalue weighted by molar-refractivity contribution is 0.849. The van der Waals surface area contributed by atoms with Crippen LogP contribution in [0.3, 0.4) is 0 Å². The molecular formula is C13H18Si. The van der Waals surface area contributed by atoms with Gasteiger partial charge in [-0.05, 0) is 17.5 Å². The molecule has 0 aromatic heterocycles. The number of hydrogen-bond acceptors (Lipinski definition) is 0. The van der Waals surface area contributed by atoms with E-state index in [1.54, 1.807) is 0 Å². The van der Waals surface area contributed by atoms with Gasteiger partial charge < -0.3 is 0 Å². The Morgan fingerprint density at radius 2 is 1.86 bits per heavy atom. The Hall–Kier alpha value is -1.00. The Labute approximate surface area is 88.4 Å². The van der Waals surface area contributed by atoms with Gasteiger partial charge in [0.05, 0.1) is 0 Å². The largest absolute Gasteiger partial charge is 0.135 e. The van der Waals surface area contributed by atoms with Crippen LogP contribution in [0.2, 0.25) is 19.1 Å². The van der Waals surface area contributed by atoms with Gasteiger partial charge in [0.1, 0.15) is 8.07 Å². The van der Waals surface area contributed by atoms with Crippen LogP contribution >= 0.6 is 0 Å². The first kappa shape index (κ1) is 11.1. The first-order chi connectivity index (χ1) is 6.55. The molecule has 0 bridgehead atoms. The summed E-state index contributed by atoms with van der Waals surface area (Å²) in [6.07, 6.45) is 5.54. The van der Waals surface area contributed by atoms with Crippen molar-refractivity contribution in [1.29, 1.82) is 0 Å². The summed E-state index contributed by atoms with van der Waals surface area (Å²) in [6, 6.07) is 11.8. The van der Waals surface area contributed by atoms with E-state index in [1.807, 2.05) is 0 Å². The van der Waals surface area contributed by atoms with Gasteiger partial charge in [0, 0.05) is 0 Å². The monoisotopic (exact) mass is 202 g/mol. The lowest BCUT2D eigenvalue weighted by Crippen LogP contribution is -2.25. The molecule has 0 saturated heterocycles. The average molecular weight is 202 g/mol. The van der Waals surface area contributed by atoms with Crippen molar-refractivity contribution in [3.8, 4) is 12.0 Å². The maximum atomic E-state index is 5.54. The molecule has 0 aliphatic heterocycles. The first-order valence-corrected chi connectivity index (χ1v) is 8.28. The summed E-state index contributed by atoms with van der Waals surface area (Å²) in [7, 11) is -1.40. The van der Waals surface area contributed by atoms with Crippen molar-refractivity contribution >= 4 is 8.07 Å². The van der Waals surface area contributed by atoms with E-state index in [-0.39, 0.29) is 0 Å². The SMILES string of the molecule is C#C[Si](C)(C)CC(C)c1ccccc1. The van der Waals surface area contributed by atoms with Crippen molar-refractivity contribution in [3.05, 3.63) is 35.9 Å². The highest BCUT2D eigenvalue weighted by molar-refractivity contribution is 6.85. The van der Waals surface area contributed by atoms with E-state index in [2.05, 4.69) is 55.9 Å². The summed E-state index contributed by atoms with van der Waals surface area (Å²) in [5.74, 6) is 0.592. The van der Waals surface area contributed by atoms with Crippen molar-refractivity contribution in [1.82, 2.24) is 0 Å². The molecule has 14 heavy (non-hydrogen) atoms. The van der Waals surface area contributed by atoms with Crippen LogP contribution in [0.5, 0.6) is 0 Å². The van der Waals surface area contributed by atoms with E-state index in [4.69, 9.17) is 6.42 Å². The van der Waals surface area contributed by atoms with Crippen molar-refractivity contribution in [2.45, 2.75) is 32.0 Å². The van der Waals surface area contributed by atoms with Gasteiger partial charge >= 0.3 is 0 Å². The van der Waals surface area contributed by atoms with Crippen LogP contribution in [0.4, 0.5) is 0 Å². The van der Waals surface area contributed by atoms with Crippen molar-refractivity contribution in [3.63, 3.8) is 0 Å². The second-order valence-corrected chi connectivity index (χ2v) is 9.01. The molecule has 0 saturated carbocycles. The molecule has 0 spiro atoms. The summed E-state index contributed by atoms with van der Waals surface area (Å²) < 4.78 is 0. The molecule has 0 heterocycles. The predicted octanol–water partition coefficient (Wildman–Crippen LogP) is 3.67. The van der Waals surface area contributed by atoms with E-state index in [0.717, 1.165) is 0 Å². The second-order valence-electron chi connectivity index (χ2n) is 4.54. The highest BCUT2D eigenvalue weighted by Crippen LogP contribution is 2.25. The molecule has 1 aromatic rings. The minimum Gasteiger partial charge on any atom is -0.135 e. The minimum absolute atomic E-state index is 0.592. The number of rotatable bonds is 3. The molecular weight excluding hydrogens is 184 g/mol. The maximum absolute atomic E-state index is 5.54. The lowest BCUT2D eigenvalue weighted by atomic mass is 10.0.